The average Bonchev–Trinajstić information content (AvgIpc) is 3.13. The van der Waals surface area contributed by atoms with E-state index in [2.05, 4.69) is 0 Å². The van der Waals surface area contributed by atoms with Gasteiger partial charge in [-0.25, -0.2) is 0 Å². The number of methoxy groups -OCH3 is 2. The molecule has 2 aromatic rings. The number of carbonyl (C=O) groups is 2. The number of ether oxygens (including phenoxy) is 2. The number of non-ortho nitro benzene ring substituents is 1. The molecule has 1 heterocycles. The number of hydrogen-bond acceptors (Lipinski definition) is 6. The summed E-state index contributed by atoms with van der Waals surface area (Å²) in [5, 5.41) is 10.8. The molecule has 1 aliphatic rings. The fraction of sp³-hybridized carbons (Fsp3) is 0.300. The van der Waals surface area contributed by atoms with Gasteiger partial charge in [-0.2, -0.15) is 0 Å². The highest BCUT2D eigenvalue weighted by molar-refractivity contribution is 6.04. The highest BCUT2D eigenvalue weighted by Gasteiger charge is 2.37. The van der Waals surface area contributed by atoms with Crippen LogP contribution in [-0.2, 0) is 9.59 Å². The number of carbonyl (C=O) groups excluding carboxylic acids is 2. The summed E-state index contributed by atoms with van der Waals surface area (Å²) in [6, 6.07) is 10.9. The van der Waals surface area contributed by atoms with E-state index in [0.29, 0.717) is 22.9 Å². The van der Waals surface area contributed by atoms with Gasteiger partial charge in [0.2, 0.25) is 11.8 Å². The highest BCUT2D eigenvalue weighted by atomic mass is 16.6. The summed E-state index contributed by atoms with van der Waals surface area (Å²) >= 11 is 0. The number of nitro benzene ring substituents is 1. The standard InChI is InChI=1S/C20H21N3O6/c1-21(14-4-6-15(7-5-14)23(26)27)20(25)13-10-19(24)22(12-13)16-8-9-17(28-2)18(11-16)29-3/h4-9,11,13H,10,12H2,1-3H3. The van der Waals surface area contributed by atoms with Gasteiger partial charge in [-0.05, 0) is 24.3 Å². The Hall–Kier alpha value is -3.62. The Labute approximate surface area is 167 Å². The van der Waals surface area contributed by atoms with Crippen molar-refractivity contribution in [2.45, 2.75) is 6.42 Å². The van der Waals surface area contributed by atoms with Gasteiger partial charge in [-0.1, -0.05) is 0 Å². The maximum absolute atomic E-state index is 12.9. The summed E-state index contributed by atoms with van der Waals surface area (Å²) < 4.78 is 10.5. The summed E-state index contributed by atoms with van der Waals surface area (Å²) in [6.45, 7) is 0.241. The van der Waals surface area contributed by atoms with Gasteiger partial charge in [0.25, 0.3) is 5.69 Å². The van der Waals surface area contributed by atoms with Crippen LogP contribution in [0.2, 0.25) is 0 Å². The summed E-state index contributed by atoms with van der Waals surface area (Å²) in [5.41, 5.74) is 1.10. The maximum atomic E-state index is 12.9. The third kappa shape index (κ3) is 3.98. The van der Waals surface area contributed by atoms with Crippen LogP contribution in [0.5, 0.6) is 11.5 Å². The minimum Gasteiger partial charge on any atom is -0.493 e. The van der Waals surface area contributed by atoms with Crippen molar-refractivity contribution in [1.29, 1.82) is 0 Å². The third-order valence-electron chi connectivity index (χ3n) is 4.93. The zero-order valence-electron chi connectivity index (χ0n) is 16.3. The van der Waals surface area contributed by atoms with Crippen molar-refractivity contribution >= 4 is 28.9 Å². The SMILES string of the molecule is COc1ccc(N2CC(C(=O)N(C)c3ccc([N+](=O)[O-])cc3)CC2=O)cc1OC. The zero-order chi connectivity index (χ0) is 21.1. The van der Waals surface area contributed by atoms with Gasteiger partial charge in [0.15, 0.2) is 11.5 Å². The fourth-order valence-corrected chi connectivity index (χ4v) is 3.31. The van der Waals surface area contributed by atoms with E-state index in [1.165, 1.54) is 43.4 Å². The van der Waals surface area contributed by atoms with Gasteiger partial charge in [0.05, 0.1) is 25.1 Å². The first kappa shape index (κ1) is 20.1. The van der Waals surface area contributed by atoms with Gasteiger partial charge in [0, 0.05) is 49.6 Å². The molecule has 0 aliphatic carbocycles. The van der Waals surface area contributed by atoms with Crippen LogP contribution in [0.4, 0.5) is 17.1 Å². The number of benzene rings is 2. The van der Waals surface area contributed by atoms with E-state index in [1.54, 1.807) is 30.1 Å². The Balaban J connectivity index is 1.75. The predicted octanol–water partition coefficient (Wildman–Crippen LogP) is 2.63. The number of amides is 2. The molecule has 0 radical (unpaired) electrons. The largest absolute Gasteiger partial charge is 0.493 e. The molecule has 2 amide bonds. The maximum Gasteiger partial charge on any atom is 0.269 e. The molecule has 1 fully saturated rings. The second kappa shape index (κ2) is 8.17. The minimum atomic E-state index is -0.518. The molecule has 0 saturated carbocycles. The molecule has 0 aromatic heterocycles. The van der Waals surface area contributed by atoms with E-state index in [-0.39, 0.29) is 30.5 Å². The lowest BCUT2D eigenvalue weighted by molar-refractivity contribution is -0.384. The molecule has 0 N–H and O–H groups in total. The zero-order valence-corrected chi connectivity index (χ0v) is 16.3. The highest BCUT2D eigenvalue weighted by Crippen LogP contribution is 2.34. The number of nitro groups is 1. The Bertz CT molecular complexity index is 944. The van der Waals surface area contributed by atoms with Crippen LogP contribution in [0.3, 0.4) is 0 Å². The molecule has 3 rings (SSSR count). The Morgan fingerprint density at radius 1 is 1.14 bits per heavy atom. The van der Waals surface area contributed by atoms with Gasteiger partial charge >= 0.3 is 0 Å². The van der Waals surface area contributed by atoms with Crippen molar-refractivity contribution in [3.05, 3.63) is 52.6 Å². The molecule has 1 atom stereocenters. The Kier molecular flexibility index (Phi) is 5.67. The van der Waals surface area contributed by atoms with Crippen LogP contribution in [0, 0.1) is 16.0 Å². The average molecular weight is 399 g/mol. The van der Waals surface area contributed by atoms with Gasteiger partial charge in [-0.15, -0.1) is 0 Å². The lowest BCUT2D eigenvalue weighted by atomic mass is 10.1. The van der Waals surface area contributed by atoms with Crippen LogP contribution in [0.1, 0.15) is 6.42 Å². The molecule has 2 aromatic carbocycles. The molecule has 1 unspecified atom stereocenters. The summed E-state index contributed by atoms with van der Waals surface area (Å²) in [6.07, 6.45) is 0.0878. The topological polar surface area (TPSA) is 102 Å². The second-order valence-electron chi connectivity index (χ2n) is 6.62. The van der Waals surface area contributed by atoms with E-state index in [9.17, 15) is 19.7 Å². The van der Waals surface area contributed by atoms with Crippen LogP contribution in [-0.4, -0.2) is 44.5 Å². The van der Waals surface area contributed by atoms with E-state index in [4.69, 9.17) is 9.47 Å². The number of hydrogen-bond donors (Lipinski definition) is 0. The number of rotatable bonds is 6. The lowest BCUT2D eigenvalue weighted by Crippen LogP contribution is -2.34. The lowest BCUT2D eigenvalue weighted by Gasteiger charge is -2.22. The quantitative estimate of drug-likeness (QED) is 0.547. The molecule has 9 nitrogen and oxygen atoms in total. The summed E-state index contributed by atoms with van der Waals surface area (Å²) in [5.74, 6) is 0.141. The number of anilines is 2. The minimum absolute atomic E-state index is 0.0507. The van der Waals surface area contributed by atoms with E-state index < -0.39 is 10.8 Å². The molecule has 9 heteroatoms. The van der Waals surface area contributed by atoms with Crippen molar-refractivity contribution in [3.8, 4) is 11.5 Å². The van der Waals surface area contributed by atoms with Crippen molar-refractivity contribution in [2.24, 2.45) is 5.92 Å². The molecule has 152 valence electrons. The first-order valence-electron chi connectivity index (χ1n) is 8.90. The molecule has 0 bridgehead atoms. The Morgan fingerprint density at radius 2 is 1.79 bits per heavy atom. The smallest absolute Gasteiger partial charge is 0.269 e. The Morgan fingerprint density at radius 3 is 2.38 bits per heavy atom. The third-order valence-corrected chi connectivity index (χ3v) is 4.93. The predicted molar refractivity (Wildman–Crippen MR) is 107 cm³/mol. The van der Waals surface area contributed by atoms with Crippen LogP contribution in [0.25, 0.3) is 0 Å². The molecular weight excluding hydrogens is 378 g/mol. The summed E-state index contributed by atoms with van der Waals surface area (Å²) in [4.78, 5) is 38.7. The molecule has 1 aliphatic heterocycles. The molecule has 1 saturated heterocycles. The van der Waals surface area contributed by atoms with E-state index in [0.717, 1.165) is 0 Å². The monoisotopic (exact) mass is 399 g/mol. The second-order valence-corrected chi connectivity index (χ2v) is 6.62. The number of nitrogens with zero attached hydrogens (tertiary/aromatic N) is 3. The van der Waals surface area contributed by atoms with Crippen molar-refractivity contribution in [1.82, 2.24) is 0 Å². The van der Waals surface area contributed by atoms with Crippen LogP contribution in [0.15, 0.2) is 42.5 Å². The van der Waals surface area contributed by atoms with Gasteiger partial charge < -0.3 is 19.3 Å². The van der Waals surface area contributed by atoms with Crippen molar-refractivity contribution < 1.29 is 24.0 Å². The van der Waals surface area contributed by atoms with E-state index >= 15 is 0 Å². The molecule has 29 heavy (non-hydrogen) atoms. The van der Waals surface area contributed by atoms with Gasteiger partial charge in [-0.3, -0.25) is 19.7 Å². The van der Waals surface area contributed by atoms with E-state index in [1.807, 2.05) is 0 Å². The van der Waals surface area contributed by atoms with Crippen molar-refractivity contribution in [3.63, 3.8) is 0 Å². The summed E-state index contributed by atoms with van der Waals surface area (Å²) in [7, 11) is 4.63. The molecular formula is C20H21N3O6. The van der Waals surface area contributed by atoms with Crippen molar-refractivity contribution in [2.75, 3.05) is 37.6 Å². The fourth-order valence-electron chi connectivity index (χ4n) is 3.31. The van der Waals surface area contributed by atoms with Gasteiger partial charge in [0.1, 0.15) is 0 Å². The first-order valence-corrected chi connectivity index (χ1v) is 8.90. The van der Waals surface area contributed by atoms with Crippen LogP contribution >= 0.6 is 0 Å². The first-order chi connectivity index (χ1) is 13.8. The molecule has 0 spiro atoms. The normalized spacial score (nSPS) is 15.9. The van der Waals surface area contributed by atoms with Crippen LogP contribution < -0.4 is 19.3 Å².